The molecule has 2 N–H and O–H groups in total. The molecule has 4 nitrogen and oxygen atoms in total. The molecule has 0 saturated carbocycles. The molecule has 20 heavy (non-hydrogen) atoms. The van der Waals surface area contributed by atoms with E-state index in [0.29, 0.717) is 10.7 Å². The molecule has 0 amide bonds. The van der Waals surface area contributed by atoms with Gasteiger partial charge in [0.05, 0.1) is 11.8 Å². The number of aromatic nitrogens is 1. The summed E-state index contributed by atoms with van der Waals surface area (Å²) < 4.78 is 10.6. The highest BCUT2D eigenvalue weighted by molar-refractivity contribution is 6.30. The number of nitrogen functional groups attached to an aromatic ring is 1. The third-order valence-corrected chi connectivity index (χ3v) is 3.39. The molecule has 0 unspecified atom stereocenters. The van der Waals surface area contributed by atoms with Gasteiger partial charge in [0.2, 0.25) is 5.88 Å². The van der Waals surface area contributed by atoms with Crippen molar-refractivity contribution < 1.29 is 8.94 Å². The molecule has 0 saturated heterocycles. The van der Waals surface area contributed by atoms with Crippen LogP contribution < -0.4 is 5.73 Å². The summed E-state index contributed by atoms with van der Waals surface area (Å²) in [7, 11) is 0. The van der Waals surface area contributed by atoms with E-state index in [1.807, 2.05) is 37.3 Å². The van der Waals surface area contributed by atoms with Gasteiger partial charge in [-0.25, -0.2) is 0 Å². The molecular formula is C15H13ClN2O2. The quantitative estimate of drug-likeness (QED) is 0.776. The van der Waals surface area contributed by atoms with Crippen molar-refractivity contribution in [1.82, 2.24) is 5.16 Å². The van der Waals surface area contributed by atoms with Crippen LogP contribution in [0.25, 0.3) is 22.4 Å². The summed E-state index contributed by atoms with van der Waals surface area (Å²) >= 11 is 6.04. The second-order valence-corrected chi connectivity index (χ2v) is 4.83. The summed E-state index contributed by atoms with van der Waals surface area (Å²) in [6, 6.07) is 9.29. The van der Waals surface area contributed by atoms with Crippen LogP contribution in [0.4, 0.5) is 5.88 Å². The fourth-order valence-corrected chi connectivity index (χ4v) is 2.43. The van der Waals surface area contributed by atoms with Gasteiger partial charge < -0.3 is 14.7 Å². The number of aryl methyl sites for hydroxylation is 1. The Kier molecular flexibility index (Phi) is 3.24. The first kappa shape index (κ1) is 12.8. The van der Waals surface area contributed by atoms with E-state index in [2.05, 4.69) is 5.16 Å². The Hall–Kier alpha value is -2.20. The summed E-state index contributed by atoms with van der Waals surface area (Å²) in [5.41, 5.74) is 9.10. The highest BCUT2D eigenvalue weighted by atomic mass is 35.5. The third-order valence-electron chi connectivity index (χ3n) is 3.15. The lowest BCUT2D eigenvalue weighted by atomic mass is 10.0. The summed E-state index contributed by atoms with van der Waals surface area (Å²) in [4.78, 5) is 0. The number of hydrogen-bond acceptors (Lipinski definition) is 4. The minimum absolute atomic E-state index is 0.269. The zero-order valence-electron chi connectivity index (χ0n) is 10.9. The number of hydrogen-bond donors (Lipinski definition) is 1. The predicted molar refractivity (Wildman–Crippen MR) is 78.4 cm³/mol. The van der Waals surface area contributed by atoms with E-state index >= 15 is 0 Å². The number of nitrogens with zero attached hydrogens (tertiary/aromatic N) is 1. The number of anilines is 1. The van der Waals surface area contributed by atoms with Crippen LogP contribution in [-0.4, -0.2) is 5.16 Å². The minimum Gasteiger partial charge on any atom is -0.469 e. The molecule has 0 radical (unpaired) electrons. The van der Waals surface area contributed by atoms with Gasteiger partial charge in [-0.15, -0.1) is 0 Å². The second kappa shape index (κ2) is 5.06. The molecule has 0 fully saturated rings. The lowest BCUT2D eigenvalue weighted by molar-refractivity contribution is 0.439. The topological polar surface area (TPSA) is 65.2 Å². The average Bonchev–Trinajstić information content (AvgIpc) is 3.04. The smallest absolute Gasteiger partial charge is 0.230 e. The molecule has 0 aliphatic heterocycles. The van der Waals surface area contributed by atoms with Gasteiger partial charge in [-0.2, -0.15) is 0 Å². The van der Waals surface area contributed by atoms with Crippen molar-refractivity contribution in [3.63, 3.8) is 0 Å². The largest absolute Gasteiger partial charge is 0.469 e. The van der Waals surface area contributed by atoms with Crippen LogP contribution in [0.15, 0.2) is 45.5 Å². The maximum Gasteiger partial charge on any atom is 0.230 e. The van der Waals surface area contributed by atoms with Crippen LogP contribution >= 0.6 is 11.6 Å². The van der Waals surface area contributed by atoms with Crippen molar-refractivity contribution in [3.8, 4) is 22.4 Å². The zero-order chi connectivity index (χ0) is 14.1. The van der Waals surface area contributed by atoms with Gasteiger partial charge in [0.1, 0.15) is 11.5 Å². The average molecular weight is 289 g/mol. The van der Waals surface area contributed by atoms with Gasteiger partial charge in [-0.3, -0.25) is 0 Å². The molecule has 0 atom stereocenters. The molecule has 1 aromatic carbocycles. The number of furan rings is 1. The van der Waals surface area contributed by atoms with Crippen molar-refractivity contribution in [2.75, 3.05) is 5.73 Å². The van der Waals surface area contributed by atoms with Crippen LogP contribution in [0.5, 0.6) is 0 Å². The van der Waals surface area contributed by atoms with Gasteiger partial charge >= 0.3 is 0 Å². The highest BCUT2D eigenvalue weighted by Gasteiger charge is 2.20. The normalized spacial score (nSPS) is 10.9. The Labute approximate surface area is 121 Å². The van der Waals surface area contributed by atoms with Crippen molar-refractivity contribution in [2.24, 2.45) is 0 Å². The summed E-state index contributed by atoms with van der Waals surface area (Å²) in [6.45, 7) is 2.02. The molecular weight excluding hydrogens is 276 g/mol. The van der Waals surface area contributed by atoms with Gasteiger partial charge in [0.25, 0.3) is 0 Å². The fourth-order valence-electron chi connectivity index (χ4n) is 2.24. The number of benzene rings is 1. The number of nitrogens with two attached hydrogens (primary N) is 1. The van der Waals surface area contributed by atoms with Crippen LogP contribution in [0.3, 0.4) is 0 Å². The minimum atomic E-state index is 0.269. The molecule has 3 rings (SSSR count). The molecule has 0 aliphatic rings. The van der Waals surface area contributed by atoms with E-state index in [1.165, 1.54) is 0 Å². The Morgan fingerprint density at radius 2 is 2.15 bits per heavy atom. The molecule has 3 aromatic rings. The lowest BCUT2D eigenvalue weighted by Crippen LogP contribution is -1.89. The van der Waals surface area contributed by atoms with Crippen LogP contribution in [0.1, 0.15) is 12.7 Å². The Morgan fingerprint density at radius 1 is 1.30 bits per heavy atom. The van der Waals surface area contributed by atoms with E-state index < -0.39 is 0 Å². The maximum absolute atomic E-state index is 6.04. The summed E-state index contributed by atoms with van der Waals surface area (Å²) in [5, 5.41) is 4.71. The second-order valence-electron chi connectivity index (χ2n) is 4.39. The number of rotatable bonds is 3. The third kappa shape index (κ3) is 2.08. The Balaban J connectivity index is 2.20. The lowest BCUT2D eigenvalue weighted by Gasteiger charge is -2.03. The molecule has 102 valence electrons. The van der Waals surface area contributed by atoms with Crippen LogP contribution in [0, 0.1) is 0 Å². The Bertz CT molecular complexity index is 746. The summed E-state index contributed by atoms with van der Waals surface area (Å²) in [5.74, 6) is 1.12. The van der Waals surface area contributed by atoms with Crippen LogP contribution in [-0.2, 0) is 6.42 Å². The van der Waals surface area contributed by atoms with Gasteiger partial charge in [-0.05, 0) is 23.8 Å². The van der Waals surface area contributed by atoms with Gasteiger partial charge in [0, 0.05) is 17.0 Å². The summed E-state index contributed by atoms with van der Waals surface area (Å²) in [6.07, 6.45) is 2.41. The van der Waals surface area contributed by atoms with E-state index in [1.54, 1.807) is 6.26 Å². The van der Waals surface area contributed by atoms with E-state index in [9.17, 15) is 0 Å². The molecule has 0 spiro atoms. The fraction of sp³-hybridized carbons (Fsp3) is 0.133. The predicted octanol–water partition coefficient (Wildman–Crippen LogP) is 4.40. The highest BCUT2D eigenvalue weighted by Crippen LogP contribution is 2.38. The molecule has 0 bridgehead atoms. The number of halogens is 1. The van der Waals surface area contributed by atoms with E-state index in [0.717, 1.165) is 28.9 Å². The molecule has 5 heteroatoms. The zero-order valence-corrected chi connectivity index (χ0v) is 11.6. The monoisotopic (exact) mass is 288 g/mol. The first-order valence-electron chi connectivity index (χ1n) is 6.28. The SMILES string of the molecule is CCc1occc1-c1noc(N)c1-c1cccc(Cl)c1. The van der Waals surface area contributed by atoms with Crippen molar-refractivity contribution >= 4 is 17.5 Å². The first-order valence-corrected chi connectivity index (χ1v) is 6.66. The maximum atomic E-state index is 6.04. The Morgan fingerprint density at radius 3 is 2.90 bits per heavy atom. The van der Waals surface area contributed by atoms with Gasteiger partial charge in [-0.1, -0.05) is 35.8 Å². The molecule has 2 aromatic heterocycles. The van der Waals surface area contributed by atoms with Crippen molar-refractivity contribution in [3.05, 3.63) is 47.4 Å². The van der Waals surface area contributed by atoms with Crippen molar-refractivity contribution in [2.45, 2.75) is 13.3 Å². The van der Waals surface area contributed by atoms with Crippen LogP contribution in [0.2, 0.25) is 5.02 Å². The van der Waals surface area contributed by atoms with Crippen molar-refractivity contribution in [1.29, 1.82) is 0 Å². The first-order chi connectivity index (χ1) is 9.70. The standard InChI is InChI=1S/C15H13ClN2O2/c1-2-12-11(6-7-19-12)14-13(15(17)20-18-14)9-4-3-5-10(16)8-9/h3-8H,2,17H2,1H3. The van der Waals surface area contributed by atoms with E-state index in [4.69, 9.17) is 26.3 Å². The van der Waals surface area contributed by atoms with Gasteiger partial charge in [0.15, 0.2) is 0 Å². The molecule has 0 aliphatic carbocycles. The molecule has 2 heterocycles. The van der Waals surface area contributed by atoms with E-state index in [-0.39, 0.29) is 5.88 Å².